The molecule has 0 bridgehead atoms. The van der Waals surface area contributed by atoms with Gasteiger partial charge in [-0.2, -0.15) is 54.5 Å². The van der Waals surface area contributed by atoms with Crippen LogP contribution in [0.2, 0.25) is 0 Å². The lowest BCUT2D eigenvalue weighted by Gasteiger charge is -2.13. The lowest BCUT2D eigenvalue weighted by atomic mass is 10.1. The van der Waals surface area contributed by atoms with Gasteiger partial charge in [0.2, 0.25) is 11.9 Å². The first-order chi connectivity index (χ1) is 16.2. The summed E-state index contributed by atoms with van der Waals surface area (Å²) in [5, 5.41) is 5.02. The summed E-state index contributed by atoms with van der Waals surface area (Å²) in [6, 6.07) is 7.10. The van der Waals surface area contributed by atoms with Gasteiger partial charge in [-0.05, 0) is 35.9 Å². The highest BCUT2D eigenvalue weighted by atomic mass is 19.4. The molecule has 1 aromatic heterocycles. The molecule has 1 heterocycles. The summed E-state index contributed by atoms with van der Waals surface area (Å²) in [5.74, 6) is -0.780. The third-order valence-electron chi connectivity index (χ3n) is 4.16. The molecule has 0 amide bonds. The van der Waals surface area contributed by atoms with Crippen LogP contribution < -0.4 is 15.4 Å². The first-order valence-electron chi connectivity index (χ1n) is 9.49. The SMILES string of the molecule is FC(F)(F)COc1nc(NCc2ccc(C(F)(F)F)cc2)nc(Nc2cccc(C(F)(F)F)c2)n1. The summed E-state index contributed by atoms with van der Waals surface area (Å²) in [7, 11) is 0. The van der Waals surface area contributed by atoms with Gasteiger partial charge in [0.15, 0.2) is 6.61 Å². The molecule has 2 N–H and O–H groups in total. The third kappa shape index (κ3) is 7.89. The molecule has 188 valence electrons. The fraction of sp³-hybridized carbons (Fsp3) is 0.250. The van der Waals surface area contributed by atoms with Crippen LogP contribution in [0.1, 0.15) is 16.7 Å². The van der Waals surface area contributed by atoms with E-state index in [4.69, 9.17) is 0 Å². The van der Waals surface area contributed by atoms with Crippen molar-refractivity contribution >= 4 is 17.6 Å². The average Bonchev–Trinajstić information content (AvgIpc) is 2.75. The van der Waals surface area contributed by atoms with Crippen molar-refractivity contribution < 1.29 is 44.3 Å². The number of nitrogens with zero attached hydrogens (tertiary/aromatic N) is 3. The predicted octanol–water partition coefficient (Wildman–Crippen LogP) is 6.21. The molecular weight excluding hydrogens is 497 g/mol. The molecule has 0 saturated heterocycles. The zero-order chi connectivity index (χ0) is 25.9. The molecule has 0 aliphatic carbocycles. The van der Waals surface area contributed by atoms with E-state index < -0.39 is 48.2 Å². The number of anilines is 3. The summed E-state index contributed by atoms with van der Waals surface area (Å²) >= 11 is 0. The zero-order valence-corrected chi connectivity index (χ0v) is 17.2. The van der Waals surface area contributed by atoms with Crippen LogP contribution in [0.15, 0.2) is 48.5 Å². The van der Waals surface area contributed by atoms with E-state index in [1.807, 2.05) is 0 Å². The van der Waals surface area contributed by atoms with Gasteiger partial charge in [0, 0.05) is 12.2 Å². The largest absolute Gasteiger partial charge is 0.454 e. The predicted molar refractivity (Wildman–Crippen MR) is 105 cm³/mol. The zero-order valence-electron chi connectivity index (χ0n) is 17.2. The number of alkyl halides is 9. The van der Waals surface area contributed by atoms with Gasteiger partial charge in [-0.1, -0.05) is 18.2 Å². The number of ether oxygens (including phenoxy) is 1. The Morgan fingerprint density at radius 2 is 1.34 bits per heavy atom. The van der Waals surface area contributed by atoms with Crippen molar-refractivity contribution in [1.29, 1.82) is 0 Å². The highest BCUT2D eigenvalue weighted by Gasteiger charge is 2.31. The molecule has 0 unspecified atom stereocenters. The van der Waals surface area contributed by atoms with E-state index in [9.17, 15) is 39.5 Å². The molecule has 6 nitrogen and oxygen atoms in total. The van der Waals surface area contributed by atoms with E-state index in [2.05, 4.69) is 30.3 Å². The van der Waals surface area contributed by atoms with Crippen LogP contribution >= 0.6 is 0 Å². The van der Waals surface area contributed by atoms with Crippen LogP contribution in [0.3, 0.4) is 0 Å². The molecule has 0 spiro atoms. The van der Waals surface area contributed by atoms with Crippen molar-refractivity contribution in [2.24, 2.45) is 0 Å². The molecule has 2 aromatic carbocycles. The van der Waals surface area contributed by atoms with Gasteiger partial charge in [0.05, 0.1) is 11.1 Å². The van der Waals surface area contributed by atoms with Crippen LogP contribution in [-0.4, -0.2) is 27.7 Å². The first-order valence-corrected chi connectivity index (χ1v) is 9.49. The number of hydrogen-bond acceptors (Lipinski definition) is 6. The van der Waals surface area contributed by atoms with Crippen molar-refractivity contribution in [3.63, 3.8) is 0 Å². The van der Waals surface area contributed by atoms with Crippen LogP contribution in [0.4, 0.5) is 57.1 Å². The molecule has 0 radical (unpaired) electrons. The average molecular weight is 511 g/mol. The maximum Gasteiger partial charge on any atom is 0.422 e. The van der Waals surface area contributed by atoms with Crippen molar-refractivity contribution in [3.8, 4) is 6.01 Å². The van der Waals surface area contributed by atoms with Crippen molar-refractivity contribution in [2.45, 2.75) is 25.1 Å². The highest BCUT2D eigenvalue weighted by molar-refractivity contribution is 5.56. The summed E-state index contributed by atoms with van der Waals surface area (Å²) in [6.07, 6.45) is -13.9. The molecule has 0 aliphatic heterocycles. The van der Waals surface area contributed by atoms with Crippen molar-refractivity contribution in [1.82, 2.24) is 15.0 Å². The second-order valence-corrected chi connectivity index (χ2v) is 6.92. The minimum absolute atomic E-state index is 0.124. The van der Waals surface area contributed by atoms with Crippen LogP contribution in [-0.2, 0) is 18.9 Å². The monoisotopic (exact) mass is 511 g/mol. The van der Waals surface area contributed by atoms with Gasteiger partial charge < -0.3 is 15.4 Å². The lowest BCUT2D eigenvalue weighted by molar-refractivity contribution is -0.154. The maximum absolute atomic E-state index is 12.9. The van der Waals surface area contributed by atoms with E-state index in [1.54, 1.807) is 0 Å². The van der Waals surface area contributed by atoms with Crippen LogP contribution in [0, 0.1) is 0 Å². The van der Waals surface area contributed by atoms with Gasteiger partial charge in [-0.25, -0.2) is 0 Å². The molecule has 15 heteroatoms. The Morgan fingerprint density at radius 1 is 0.714 bits per heavy atom. The Labute approximate surface area is 191 Å². The molecule has 0 atom stereocenters. The van der Waals surface area contributed by atoms with Crippen LogP contribution in [0.5, 0.6) is 6.01 Å². The summed E-state index contributed by atoms with van der Waals surface area (Å²) in [5.41, 5.74) is -1.65. The van der Waals surface area contributed by atoms with Gasteiger partial charge in [0.1, 0.15) is 0 Å². The topological polar surface area (TPSA) is 72.0 Å². The van der Waals surface area contributed by atoms with E-state index in [0.29, 0.717) is 5.56 Å². The van der Waals surface area contributed by atoms with Crippen molar-refractivity contribution in [2.75, 3.05) is 17.2 Å². The Bertz CT molecular complexity index is 1150. The fourth-order valence-electron chi connectivity index (χ4n) is 2.60. The summed E-state index contributed by atoms with van der Waals surface area (Å²) in [4.78, 5) is 11.1. The fourth-order valence-corrected chi connectivity index (χ4v) is 2.60. The molecule has 35 heavy (non-hydrogen) atoms. The number of benzene rings is 2. The molecule has 3 aromatic rings. The smallest absolute Gasteiger partial charge is 0.422 e. The molecular formula is C20H14F9N5O. The number of halogens is 9. The Kier molecular flexibility index (Phi) is 7.26. The molecule has 0 fully saturated rings. The van der Waals surface area contributed by atoms with E-state index in [0.717, 1.165) is 30.3 Å². The number of rotatable bonds is 7. The number of nitrogens with one attached hydrogen (secondary N) is 2. The minimum atomic E-state index is -4.73. The second kappa shape index (κ2) is 9.84. The van der Waals surface area contributed by atoms with Gasteiger partial charge in [-0.15, -0.1) is 0 Å². The van der Waals surface area contributed by atoms with Gasteiger partial charge in [0.25, 0.3) is 0 Å². The normalized spacial score (nSPS) is 12.4. The van der Waals surface area contributed by atoms with Gasteiger partial charge in [-0.3, -0.25) is 0 Å². The van der Waals surface area contributed by atoms with Crippen LogP contribution in [0.25, 0.3) is 0 Å². The summed E-state index contributed by atoms with van der Waals surface area (Å²) < 4.78 is 119. The Hall–Kier alpha value is -3.78. The number of hydrogen-bond donors (Lipinski definition) is 2. The first kappa shape index (κ1) is 25.8. The molecule has 0 aliphatic rings. The minimum Gasteiger partial charge on any atom is -0.454 e. The standard InChI is InChI=1S/C20H14F9N5O/c21-18(22,23)10-35-17-33-15(30-9-11-4-6-12(7-5-11)19(24,25)26)32-16(34-17)31-14-3-1-2-13(8-14)20(27,28)29/h1-8H,9-10H2,(H2,30,31,32,33,34). The van der Waals surface area contributed by atoms with E-state index in [1.165, 1.54) is 18.2 Å². The Balaban J connectivity index is 1.82. The quantitative estimate of drug-likeness (QED) is 0.368. The van der Waals surface area contributed by atoms with Crippen molar-refractivity contribution in [3.05, 3.63) is 65.2 Å². The van der Waals surface area contributed by atoms with E-state index in [-0.39, 0.29) is 18.2 Å². The summed E-state index contributed by atoms with van der Waals surface area (Å²) in [6.45, 7) is -1.89. The maximum atomic E-state index is 12.9. The number of aromatic nitrogens is 3. The lowest BCUT2D eigenvalue weighted by Crippen LogP contribution is -2.21. The Morgan fingerprint density at radius 3 is 1.94 bits per heavy atom. The second-order valence-electron chi connectivity index (χ2n) is 6.92. The van der Waals surface area contributed by atoms with Gasteiger partial charge >= 0.3 is 24.5 Å². The van der Waals surface area contributed by atoms with E-state index >= 15 is 0 Å². The highest BCUT2D eigenvalue weighted by Crippen LogP contribution is 2.32. The third-order valence-corrected chi connectivity index (χ3v) is 4.16. The molecule has 0 saturated carbocycles. The molecule has 3 rings (SSSR count).